The molecule has 2 aromatic carbocycles. The van der Waals surface area contributed by atoms with Gasteiger partial charge in [0.2, 0.25) is 5.91 Å². The quantitative estimate of drug-likeness (QED) is 0.635. The van der Waals surface area contributed by atoms with Gasteiger partial charge in [0.1, 0.15) is 0 Å². The molecule has 1 atom stereocenters. The molecule has 0 spiro atoms. The minimum Gasteiger partial charge on any atom is -0.349 e. The second kappa shape index (κ2) is 9.17. The van der Waals surface area contributed by atoms with Crippen molar-refractivity contribution in [2.75, 3.05) is 0 Å². The van der Waals surface area contributed by atoms with Gasteiger partial charge >= 0.3 is 0 Å². The van der Waals surface area contributed by atoms with Crippen LogP contribution in [0, 0.1) is 0 Å². The second-order valence-electron chi connectivity index (χ2n) is 6.95. The number of aromatic nitrogens is 2. The lowest BCUT2D eigenvalue weighted by molar-refractivity contribution is -0.121. The molecule has 0 aliphatic heterocycles. The Morgan fingerprint density at radius 1 is 1.07 bits per heavy atom. The maximum Gasteiger partial charge on any atom is 0.224 e. The molecule has 1 amide bonds. The first-order valence-corrected chi connectivity index (χ1v) is 9.61. The maximum absolute atomic E-state index is 12.4. The molecule has 0 bridgehead atoms. The molecular weight excluding hydrogens is 334 g/mol. The van der Waals surface area contributed by atoms with Gasteiger partial charge in [0.05, 0.1) is 18.8 Å². The molecule has 4 nitrogen and oxygen atoms in total. The Bertz CT molecular complexity index is 836. The lowest BCUT2D eigenvalue weighted by Gasteiger charge is -2.15. The number of hydrogen-bond acceptors (Lipinski definition) is 2. The third kappa shape index (κ3) is 5.30. The van der Waals surface area contributed by atoms with Crippen molar-refractivity contribution in [2.24, 2.45) is 0 Å². The Morgan fingerprint density at radius 3 is 2.41 bits per heavy atom. The van der Waals surface area contributed by atoms with E-state index in [0.29, 0.717) is 6.42 Å². The topological polar surface area (TPSA) is 46.9 Å². The molecule has 0 radical (unpaired) electrons. The van der Waals surface area contributed by atoms with Crippen LogP contribution in [0.25, 0.3) is 5.69 Å². The van der Waals surface area contributed by atoms with Gasteiger partial charge in [-0.25, -0.2) is 4.98 Å². The van der Waals surface area contributed by atoms with E-state index < -0.39 is 0 Å². The number of imidazole rings is 1. The van der Waals surface area contributed by atoms with Crippen LogP contribution in [-0.4, -0.2) is 15.5 Å². The van der Waals surface area contributed by atoms with Crippen LogP contribution in [0.5, 0.6) is 0 Å². The van der Waals surface area contributed by atoms with E-state index in [1.807, 2.05) is 42.0 Å². The summed E-state index contributed by atoms with van der Waals surface area (Å²) in [6, 6.07) is 16.5. The van der Waals surface area contributed by atoms with Crippen molar-refractivity contribution in [3.05, 3.63) is 83.9 Å². The molecule has 1 heterocycles. The highest BCUT2D eigenvalue weighted by Gasteiger charge is 2.10. The molecule has 1 unspecified atom stereocenters. The normalized spacial score (nSPS) is 11.9. The zero-order valence-corrected chi connectivity index (χ0v) is 16.1. The third-order valence-corrected chi connectivity index (χ3v) is 4.78. The molecule has 1 aromatic heterocycles. The minimum atomic E-state index is -0.0295. The summed E-state index contributed by atoms with van der Waals surface area (Å²) in [5.74, 6) is 0.0440. The third-order valence-electron chi connectivity index (χ3n) is 4.78. The molecule has 140 valence electrons. The monoisotopic (exact) mass is 361 g/mol. The number of hydrogen-bond donors (Lipinski definition) is 1. The summed E-state index contributed by atoms with van der Waals surface area (Å²) < 4.78 is 1.96. The number of amides is 1. The van der Waals surface area contributed by atoms with E-state index in [1.54, 1.807) is 12.5 Å². The number of nitrogens with one attached hydrogen (secondary N) is 1. The molecule has 4 heteroatoms. The lowest BCUT2D eigenvalue weighted by Crippen LogP contribution is -2.28. The van der Waals surface area contributed by atoms with E-state index in [2.05, 4.69) is 41.5 Å². The number of benzene rings is 2. The lowest BCUT2D eigenvalue weighted by atomic mass is 10.0. The fourth-order valence-electron chi connectivity index (χ4n) is 3.11. The van der Waals surface area contributed by atoms with Crippen molar-refractivity contribution in [3.63, 3.8) is 0 Å². The van der Waals surface area contributed by atoms with Crippen LogP contribution in [-0.2, 0) is 17.6 Å². The summed E-state index contributed by atoms with van der Waals surface area (Å²) in [5.41, 5.74) is 4.53. The van der Waals surface area contributed by atoms with Gasteiger partial charge in [0, 0.05) is 18.1 Å². The Hall–Kier alpha value is -2.88. The number of nitrogens with zero attached hydrogens (tertiary/aromatic N) is 2. The van der Waals surface area contributed by atoms with E-state index >= 15 is 0 Å². The highest BCUT2D eigenvalue weighted by atomic mass is 16.1. The summed E-state index contributed by atoms with van der Waals surface area (Å²) in [4.78, 5) is 16.4. The molecule has 0 aliphatic carbocycles. The highest BCUT2D eigenvalue weighted by molar-refractivity contribution is 5.79. The Morgan fingerprint density at radius 2 is 1.78 bits per heavy atom. The smallest absolute Gasteiger partial charge is 0.224 e. The molecule has 0 saturated carbocycles. The molecule has 27 heavy (non-hydrogen) atoms. The molecule has 0 fully saturated rings. The Balaban J connectivity index is 1.54. The van der Waals surface area contributed by atoms with Crippen LogP contribution < -0.4 is 5.32 Å². The summed E-state index contributed by atoms with van der Waals surface area (Å²) >= 11 is 0. The predicted octanol–water partition coefficient (Wildman–Crippen LogP) is 4.63. The SMILES string of the molecule is CCCCc1ccc(CC(=O)NC(C)c2ccc(-n3ccnc3)cc2)cc1. The van der Waals surface area contributed by atoms with Crippen LogP contribution in [0.2, 0.25) is 0 Å². The minimum absolute atomic E-state index is 0.0295. The van der Waals surface area contributed by atoms with E-state index in [9.17, 15) is 4.79 Å². The predicted molar refractivity (Wildman–Crippen MR) is 109 cm³/mol. The van der Waals surface area contributed by atoms with Crippen LogP contribution in [0.15, 0.2) is 67.3 Å². The van der Waals surface area contributed by atoms with Crippen molar-refractivity contribution in [3.8, 4) is 5.69 Å². The average Bonchev–Trinajstić information content (AvgIpc) is 3.22. The first-order chi connectivity index (χ1) is 13.2. The highest BCUT2D eigenvalue weighted by Crippen LogP contribution is 2.16. The number of rotatable bonds is 8. The van der Waals surface area contributed by atoms with Gasteiger partial charge < -0.3 is 9.88 Å². The van der Waals surface area contributed by atoms with Crippen LogP contribution in [0.1, 0.15) is 49.4 Å². The first-order valence-electron chi connectivity index (χ1n) is 9.61. The molecular formula is C23H27N3O. The average molecular weight is 361 g/mol. The van der Waals surface area contributed by atoms with Crippen molar-refractivity contribution >= 4 is 5.91 Å². The molecule has 3 rings (SSSR count). The first kappa shape index (κ1) is 18.9. The molecule has 3 aromatic rings. The number of carbonyl (C=O) groups excluding carboxylic acids is 1. The van der Waals surface area contributed by atoms with E-state index in [1.165, 1.54) is 18.4 Å². The summed E-state index contributed by atoms with van der Waals surface area (Å²) in [7, 11) is 0. The number of carbonyl (C=O) groups is 1. The largest absolute Gasteiger partial charge is 0.349 e. The fraction of sp³-hybridized carbons (Fsp3) is 0.304. The summed E-state index contributed by atoms with van der Waals surface area (Å²) in [5, 5.41) is 3.09. The molecule has 0 aliphatic rings. The van der Waals surface area contributed by atoms with E-state index in [-0.39, 0.29) is 11.9 Å². The standard InChI is InChI=1S/C23H27N3O/c1-3-4-5-19-6-8-20(9-7-19)16-23(27)25-18(2)21-10-12-22(13-11-21)26-15-14-24-17-26/h6-15,17-18H,3-5,16H2,1-2H3,(H,25,27). The van der Waals surface area contributed by atoms with Gasteiger partial charge in [-0.1, -0.05) is 49.7 Å². The zero-order valence-electron chi connectivity index (χ0n) is 16.1. The molecule has 0 saturated heterocycles. The van der Waals surface area contributed by atoms with Gasteiger partial charge in [0.25, 0.3) is 0 Å². The Labute approximate surface area is 161 Å². The van der Waals surface area contributed by atoms with Crippen molar-refractivity contribution < 1.29 is 4.79 Å². The van der Waals surface area contributed by atoms with Gasteiger partial charge in [-0.3, -0.25) is 4.79 Å². The van der Waals surface area contributed by atoms with Crippen LogP contribution in [0.4, 0.5) is 0 Å². The number of aryl methyl sites for hydroxylation is 1. The van der Waals surface area contributed by atoms with Gasteiger partial charge in [-0.2, -0.15) is 0 Å². The van der Waals surface area contributed by atoms with Gasteiger partial charge in [-0.05, 0) is 48.6 Å². The summed E-state index contributed by atoms with van der Waals surface area (Å²) in [6.07, 6.45) is 9.36. The number of unbranched alkanes of at least 4 members (excludes halogenated alkanes) is 1. The zero-order chi connectivity index (χ0) is 19.1. The van der Waals surface area contributed by atoms with Crippen molar-refractivity contribution in [1.29, 1.82) is 0 Å². The van der Waals surface area contributed by atoms with Crippen molar-refractivity contribution in [2.45, 2.75) is 45.6 Å². The van der Waals surface area contributed by atoms with Gasteiger partial charge in [0.15, 0.2) is 0 Å². The second-order valence-corrected chi connectivity index (χ2v) is 6.95. The van der Waals surface area contributed by atoms with E-state index in [0.717, 1.165) is 23.2 Å². The van der Waals surface area contributed by atoms with Gasteiger partial charge in [-0.15, -0.1) is 0 Å². The van der Waals surface area contributed by atoms with Crippen molar-refractivity contribution in [1.82, 2.24) is 14.9 Å². The van der Waals surface area contributed by atoms with Crippen LogP contribution in [0.3, 0.4) is 0 Å². The fourth-order valence-corrected chi connectivity index (χ4v) is 3.11. The molecule has 1 N–H and O–H groups in total. The van der Waals surface area contributed by atoms with Crippen LogP contribution >= 0.6 is 0 Å². The maximum atomic E-state index is 12.4. The summed E-state index contributed by atoms with van der Waals surface area (Å²) in [6.45, 7) is 4.21. The van der Waals surface area contributed by atoms with E-state index in [4.69, 9.17) is 0 Å². The Kier molecular flexibility index (Phi) is 6.42.